The van der Waals surface area contributed by atoms with E-state index >= 15 is 0 Å². The van der Waals surface area contributed by atoms with Gasteiger partial charge in [-0.05, 0) is 62.7 Å². The van der Waals surface area contributed by atoms with Crippen molar-refractivity contribution < 1.29 is 4.39 Å². The number of piperazine rings is 1. The number of thiophene rings is 1. The number of likely N-dealkylation sites (N-methyl/N-ethyl adjacent to an activating group) is 1. The first-order valence-corrected chi connectivity index (χ1v) is 11.6. The fourth-order valence-corrected chi connectivity index (χ4v) is 5.34. The normalized spacial score (nSPS) is 18.6. The van der Waals surface area contributed by atoms with Crippen LogP contribution < -0.4 is 5.32 Å². The Morgan fingerprint density at radius 3 is 2.77 bits per heavy atom. The number of halogens is 1. The van der Waals surface area contributed by atoms with Gasteiger partial charge in [0, 0.05) is 30.6 Å². The lowest BCUT2D eigenvalue weighted by Crippen LogP contribution is -2.53. The first-order valence-electron chi connectivity index (χ1n) is 10.8. The van der Waals surface area contributed by atoms with E-state index in [1.807, 2.05) is 24.3 Å². The average molecular weight is 435 g/mol. The first kappa shape index (κ1) is 20.2. The van der Waals surface area contributed by atoms with Crippen LogP contribution in [0.25, 0.3) is 0 Å². The zero-order chi connectivity index (χ0) is 21.4. The lowest BCUT2D eigenvalue weighted by molar-refractivity contribution is 0.134. The Kier molecular flexibility index (Phi) is 5.50. The fourth-order valence-electron chi connectivity index (χ4n) is 4.42. The molecule has 0 aliphatic carbocycles. The molecule has 2 aromatic carbocycles. The zero-order valence-electron chi connectivity index (χ0n) is 17.9. The van der Waals surface area contributed by atoms with Crippen LogP contribution in [0.1, 0.15) is 22.4 Å². The highest BCUT2D eigenvalue weighted by Gasteiger charge is 2.29. The van der Waals surface area contributed by atoms with Gasteiger partial charge in [0.15, 0.2) is 0 Å². The predicted octanol–water partition coefficient (Wildman–Crippen LogP) is 5.58. The molecule has 5 rings (SSSR count). The summed E-state index contributed by atoms with van der Waals surface area (Å²) in [6, 6.07) is 17.8. The smallest absolute Gasteiger partial charge is 0.139 e. The number of nitrogens with zero attached hydrogens (tertiary/aromatic N) is 3. The number of hydrogen-bond acceptors (Lipinski definition) is 5. The molecule has 0 spiro atoms. The number of nitrogens with one attached hydrogen (secondary N) is 1. The Bertz CT molecular complexity index is 1100. The summed E-state index contributed by atoms with van der Waals surface area (Å²) in [5.74, 6) is 0.892. The second kappa shape index (κ2) is 8.44. The van der Waals surface area contributed by atoms with E-state index in [-0.39, 0.29) is 5.82 Å². The molecule has 1 atom stereocenters. The van der Waals surface area contributed by atoms with Gasteiger partial charge in [0.05, 0.1) is 16.9 Å². The monoisotopic (exact) mass is 434 g/mol. The van der Waals surface area contributed by atoms with Gasteiger partial charge in [0.25, 0.3) is 0 Å². The van der Waals surface area contributed by atoms with E-state index < -0.39 is 0 Å². The molecule has 2 aliphatic heterocycles. The highest BCUT2D eigenvalue weighted by atomic mass is 32.1. The van der Waals surface area contributed by atoms with Crippen molar-refractivity contribution in [2.45, 2.75) is 25.8 Å². The van der Waals surface area contributed by atoms with Crippen LogP contribution in [0.2, 0.25) is 0 Å². The van der Waals surface area contributed by atoms with Gasteiger partial charge < -0.3 is 10.2 Å². The molecule has 0 saturated carbocycles. The molecule has 4 nitrogen and oxygen atoms in total. The molecular formula is C25H27FN4S. The lowest BCUT2D eigenvalue weighted by Gasteiger charge is -2.41. The molecule has 3 aromatic rings. The summed E-state index contributed by atoms with van der Waals surface area (Å²) in [6.45, 7) is 5.05. The molecule has 0 unspecified atom stereocenters. The third kappa shape index (κ3) is 4.23. The predicted molar refractivity (Wildman–Crippen MR) is 128 cm³/mol. The summed E-state index contributed by atoms with van der Waals surface area (Å²) in [7, 11) is 2.21. The Labute approximate surface area is 187 Å². The summed E-state index contributed by atoms with van der Waals surface area (Å²) >= 11 is 1.79. The van der Waals surface area contributed by atoms with Gasteiger partial charge in [-0.2, -0.15) is 0 Å². The Balaban J connectivity index is 1.40. The summed E-state index contributed by atoms with van der Waals surface area (Å²) in [6.07, 6.45) is 1.99. The number of para-hydroxylation sites is 2. The van der Waals surface area contributed by atoms with E-state index in [2.05, 4.69) is 47.3 Å². The molecule has 1 aromatic heterocycles. The fraction of sp³-hybridized carbons (Fsp3) is 0.320. The molecule has 1 N–H and O–H groups in total. The number of rotatable bonds is 3. The van der Waals surface area contributed by atoms with Crippen LogP contribution in [0.3, 0.4) is 0 Å². The summed E-state index contributed by atoms with van der Waals surface area (Å²) in [5, 5.41) is 4.77. The van der Waals surface area contributed by atoms with Gasteiger partial charge in [-0.15, -0.1) is 11.3 Å². The van der Waals surface area contributed by atoms with E-state index in [1.54, 1.807) is 23.5 Å². The van der Waals surface area contributed by atoms with Gasteiger partial charge in [-0.1, -0.05) is 24.3 Å². The van der Waals surface area contributed by atoms with Crippen LogP contribution in [-0.4, -0.2) is 48.4 Å². The molecule has 0 amide bonds. The second-order valence-corrected chi connectivity index (χ2v) is 9.68. The summed E-state index contributed by atoms with van der Waals surface area (Å²) in [4.78, 5) is 11.3. The second-order valence-electron chi connectivity index (χ2n) is 8.42. The first-order chi connectivity index (χ1) is 15.1. The lowest BCUT2D eigenvalue weighted by atomic mass is 10.0. The third-order valence-electron chi connectivity index (χ3n) is 6.23. The number of aryl methyl sites for hydroxylation is 2. The maximum atomic E-state index is 13.2. The zero-order valence-corrected chi connectivity index (χ0v) is 18.8. The van der Waals surface area contributed by atoms with Gasteiger partial charge in [0.1, 0.15) is 16.7 Å². The number of anilines is 2. The van der Waals surface area contributed by atoms with Gasteiger partial charge in [0.2, 0.25) is 0 Å². The number of fused-ring (bicyclic) bond motifs is 2. The van der Waals surface area contributed by atoms with Crippen molar-refractivity contribution in [3.05, 3.63) is 76.4 Å². The highest BCUT2D eigenvalue weighted by Crippen LogP contribution is 2.39. The van der Waals surface area contributed by atoms with E-state index in [0.717, 1.165) is 49.7 Å². The molecule has 6 heteroatoms. The van der Waals surface area contributed by atoms with Crippen molar-refractivity contribution in [1.82, 2.24) is 9.80 Å². The van der Waals surface area contributed by atoms with Gasteiger partial charge >= 0.3 is 0 Å². The Hall–Kier alpha value is -2.70. The van der Waals surface area contributed by atoms with Gasteiger partial charge in [-0.3, -0.25) is 4.90 Å². The molecule has 2 aliphatic rings. The van der Waals surface area contributed by atoms with Crippen LogP contribution in [0, 0.1) is 12.7 Å². The van der Waals surface area contributed by atoms with Crippen LogP contribution in [0.4, 0.5) is 20.8 Å². The minimum Gasteiger partial charge on any atom is -0.353 e. The van der Waals surface area contributed by atoms with Crippen molar-refractivity contribution in [1.29, 1.82) is 0 Å². The van der Waals surface area contributed by atoms with Crippen molar-refractivity contribution in [3.63, 3.8) is 0 Å². The summed E-state index contributed by atoms with van der Waals surface area (Å²) in [5.41, 5.74) is 4.43. The number of aliphatic imine (C=N–C) groups is 1. The largest absolute Gasteiger partial charge is 0.353 e. The van der Waals surface area contributed by atoms with Crippen LogP contribution in [0.15, 0.2) is 59.6 Å². The number of amidine groups is 1. The molecule has 3 heterocycles. The molecule has 1 fully saturated rings. The van der Waals surface area contributed by atoms with Gasteiger partial charge in [-0.25, -0.2) is 9.38 Å². The van der Waals surface area contributed by atoms with Crippen molar-refractivity contribution >= 4 is 33.5 Å². The molecular weight excluding hydrogens is 407 g/mol. The minimum atomic E-state index is -0.174. The molecule has 0 bridgehead atoms. The van der Waals surface area contributed by atoms with E-state index in [1.165, 1.54) is 21.0 Å². The molecule has 31 heavy (non-hydrogen) atoms. The topological polar surface area (TPSA) is 30.9 Å². The van der Waals surface area contributed by atoms with E-state index in [0.29, 0.717) is 6.04 Å². The number of benzene rings is 2. The van der Waals surface area contributed by atoms with E-state index in [9.17, 15) is 4.39 Å². The van der Waals surface area contributed by atoms with Crippen LogP contribution in [0.5, 0.6) is 0 Å². The van der Waals surface area contributed by atoms with E-state index in [4.69, 9.17) is 4.99 Å². The van der Waals surface area contributed by atoms with Crippen molar-refractivity contribution in [3.8, 4) is 0 Å². The molecule has 160 valence electrons. The SMILES string of the molecule is Cc1cc2c(s1)Nc1ccccc1N=C2N1CCN(C)[C@@H](CCc2ccc(F)cc2)C1. The minimum absolute atomic E-state index is 0.174. The van der Waals surface area contributed by atoms with Crippen LogP contribution >= 0.6 is 11.3 Å². The average Bonchev–Trinajstić information content (AvgIpc) is 3.06. The maximum absolute atomic E-state index is 13.2. The molecule has 1 saturated heterocycles. The molecule has 0 radical (unpaired) electrons. The Morgan fingerprint density at radius 2 is 1.94 bits per heavy atom. The van der Waals surface area contributed by atoms with Crippen molar-refractivity contribution in [2.75, 3.05) is 32.0 Å². The Morgan fingerprint density at radius 1 is 1.13 bits per heavy atom. The number of hydrogen-bond donors (Lipinski definition) is 1. The van der Waals surface area contributed by atoms with Crippen molar-refractivity contribution in [2.24, 2.45) is 4.99 Å². The third-order valence-corrected chi connectivity index (χ3v) is 7.20. The highest BCUT2D eigenvalue weighted by molar-refractivity contribution is 7.16. The summed E-state index contributed by atoms with van der Waals surface area (Å²) < 4.78 is 13.2. The maximum Gasteiger partial charge on any atom is 0.139 e. The standard InChI is InChI=1S/C25H27FN4S/c1-17-15-21-24(27-22-5-3-4-6-23(22)28-25(21)31-17)30-14-13-29(2)20(16-30)12-9-18-7-10-19(26)11-8-18/h3-8,10-11,15,20,28H,9,12-14,16H2,1-2H3/t20-/m0/s1. The van der Waals surface area contributed by atoms with Crippen LogP contribution in [-0.2, 0) is 6.42 Å². The quantitative estimate of drug-likeness (QED) is 0.584.